The Balaban J connectivity index is 1.43. The van der Waals surface area contributed by atoms with E-state index in [4.69, 9.17) is 0 Å². The Hall–Kier alpha value is -4.10. The van der Waals surface area contributed by atoms with Crippen molar-refractivity contribution in [2.24, 2.45) is 0 Å². The molecule has 1 saturated heterocycles. The van der Waals surface area contributed by atoms with E-state index in [-0.39, 0.29) is 22.8 Å². The van der Waals surface area contributed by atoms with E-state index in [1.165, 1.54) is 28.9 Å². The molecule has 1 aliphatic rings. The molecule has 0 bridgehead atoms. The largest absolute Gasteiger partial charge is 0.381 e. The highest BCUT2D eigenvalue weighted by Crippen LogP contribution is 2.29. The summed E-state index contributed by atoms with van der Waals surface area (Å²) in [6.07, 6.45) is 2.93. The number of aromatic nitrogens is 4. The van der Waals surface area contributed by atoms with Gasteiger partial charge >= 0.3 is 0 Å². The first-order chi connectivity index (χ1) is 17.0. The van der Waals surface area contributed by atoms with Gasteiger partial charge in [-0.15, -0.1) is 0 Å². The summed E-state index contributed by atoms with van der Waals surface area (Å²) in [4.78, 5) is 13.0. The molecule has 3 aromatic heterocycles. The van der Waals surface area contributed by atoms with Gasteiger partial charge in [-0.3, -0.25) is 4.40 Å². The van der Waals surface area contributed by atoms with Gasteiger partial charge in [-0.1, -0.05) is 12.1 Å². The summed E-state index contributed by atoms with van der Waals surface area (Å²) in [5, 5.41) is 19.8. The minimum atomic E-state index is -2.66. The number of alkyl halides is 2. The molecule has 0 aliphatic carbocycles. The number of nitriles is 1. The van der Waals surface area contributed by atoms with Gasteiger partial charge in [0.05, 0.1) is 35.3 Å². The number of nitrogens with one attached hydrogen (secondary N) is 3. The molecule has 4 heterocycles. The van der Waals surface area contributed by atoms with Gasteiger partial charge in [0.15, 0.2) is 0 Å². The first-order valence-corrected chi connectivity index (χ1v) is 11.4. The summed E-state index contributed by atoms with van der Waals surface area (Å²) in [6.45, 7) is 3.96. The lowest BCUT2D eigenvalue weighted by molar-refractivity contribution is 0.152. The Morgan fingerprint density at radius 3 is 2.86 bits per heavy atom. The van der Waals surface area contributed by atoms with E-state index < -0.39 is 6.43 Å². The van der Waals surface area contributed by atoms with Crippen LogP contribution in [0.3, 0.4) is 0 Å². The van der Waals surface area contributed by atoms with Crippen molar-refractivity contribution in [3.8, 4) is 17.5 Å². The molecule has 1 fully saturated rings. The molecule has 8 nitrogen and oxygen atoms in total. The number of pyridine rings is 1. The highest BCUT2D eigenvalue weighted by Gasteiger charge is 2.19. The maximum absolute atomic E-state index is 13.4. The number of hydrogen-bond acceptors (Lipinski definition) is 7. The van der Waals surface area contributed by atoms with E-state index >= 15 is 0 Å². The van der Waals surface area contributed by atoms with Crippen LogP contribution < -0.4 is 16.0 Å². The monoisotopic (exact) mass is 474 g/mol. The van der Waals surface area contributed by atoms with Crippen LogP contribution in [-0.4, -0.2) is 38.5 Å². The van der Waals surface area contributed by atoms with Crippen LogP contribution in [0.5, 0.6) is 0 Å². The van der Waals surface area contributed by atoms with Crippen LogP contribution in [0.1, 0.15) is 42.5 Å². The minimum Gasteiger partial charge on any atom is -0.381 e. The number of anilines is 2. The zero-order valence-electron chi connectivity index (χ0n) is 19.0. The smallest absolute Gasteiger partial charge is 0.267 e. The molecule has 2 atom stereocenters. The van der Waals surface area contributed by atoms with Gasteiger partial charge in [-0.25, -0.2) is 23.7 Å². The summed E-state index contributed by atoms with van der Waals surface area (Å²) in [7, 11) is 0. The van der Waals surface area contributed by atoms with Gasteiger partial charge in [0, 0.05) is 24.5 Å². The van der Waals surface area contributed by atoms with Crippen molar-refractivity contribution in [3.63, 3.8) is 0 Å². The Kier molecular flexibility index (Phi) is 6.25. The van der Waals surface area contributed by atoms with Gasteiger partial charge in [0.25, 0.3) is 6.43 Å². The zero-order valence-corrected chi connectivity index (χ0v) is 19.0. The van der Waals surface area contributed by atoms with E-state index in [0.717, 1.165) is 30.8 Å². The van der Waals surface area contributed by atoms with Crippen molar-refractivity contribution >= 4 is 17.3 Å². The highest BCUT2D eigenvalue weighted by molar-refractivity contribution is 5.68. The fourth-order valence-corrected chi connectivity index (χ4v) is 4.29. The van der Waals surface area contributed by atoms with Crippen molar-refractivity contribution in [2.75, 3.05) is 23.7 Å². The van der Waals surface area contributed by atoms with Crippen LogP contribution in [-0.2, 0) is 0 Å². The first-order valence-electron chi connectivity index (χ1n) is 11.4. The predicted molar refractivity (Wildman–Crippen MR) is 129 cm³/mol. The summed E-state index contributed by atoms with van der Waals surface area (Å²) in [5.74, 6) is 0.324. The summed E-state index contributed by atoms with van der Waals surface area (Å²) < 4.78 is 28.4. The van der Waals surface area contributed by atoms with E-state index in [2.05, 4.69) is 43.0 Å². The molecule has 0 spiro atoms. The van der Waals surface area contributed by atoms with Crippen LogP contribution in [0.2, 0.25) is 0 Å². The van der Waals surface area contributed by atoms with Crippen molar-refractivity contribution in [3.05, 3.63) is 71.7 Å². The van der Waals surface area contributed by atoms with Crippen LogP contribution >= 0.6 is 0 Å². The Bertz CT molecular complexity index is 1390. The lowest BCUT2D eigenvalue weighted by Gasteiger charge is -2.18. The van der Waals surface area contributed by atoms with Crippen molar-refractivity contribution < 1.29 is 8.78 Å². The van der Waals surface area contributed by atoms with Crippen molar-refractivity contribution in [2.45, 2.75) is 31.9 Å². The third kappa shape index (κ3) is 4.63. The van der Waals surface area contributed by atoms with Crippen LogP contribution in [0.4, 0.5) is 20.4 Å². The SMILES string of the molecule is C[C@H](Nc1ncc(C#N)c(-c2cnc3c(C(F)F)cccn23)n1)c1cccc(NC2CCNC2)c1. The topological polar surface area (TPSA) is 103 Å². The number of halogens is 2. The third-order valence-corrected chi connectivity index (χ3v) is 6.12. The number of nitrogens with zero attached hydrogens (tertiary/aromatic N) is 5. The second kappa shape index (κ2) is 9.64. The van der Waals surface area contributed by atoms with Gasteiger partial charge in [-0.2, -0.15) is 5.26 Å². The molecule has 5 rings (SSSR count). The molecule has 35 heavy (non-hydrogen) atoms. The molecular weight excluding hydrogens is 450 g/mol. The molecule has 0 amide bonds. The molecule has 178 valence electrons. The minimum absolute atomic E-state index is 0.119. The van der Waals surface area contributed by atoms with Gasteiger partial charge in [0.1, 0.15) is 17.4 Å². The molecule has 1 unspecified atom stereocenters. The van der Waals surface area contributed by atoms with Crippen molar-refractivity contribution in [1.82, 2.24) is 24.7 Å². The van der Waals surface area contributed by atoms with Crippen LogP contribution in [0.15, 0.2) is 55.0 Å². The number of rotatable bonds is 7. The number of hydrogen-bond donors (Lipinski definition) is 3. The lowest BCUT2D eigenvalue weighted by Crippen LogP contribution is -2.22. The zero-order chi connectivity index (χ0) is 24.4. The molecule has 0 radical (unpaired) electrons. The maximum Gasteiger partial charge on any atom is 0.267 e. The van der Waals surface area contributed by atoms with Gasteiger partial charge < -0.3 is 16.0 Å². The lowest BCUT2D eigenvalue weighted by atomic mass is 10.1. The normalized spacial score (nSPS) is 16.4. The average molecular weight is 475 g/mol. The van der Waals surface area contributed by atoms with E-state index in [0.29, 0.717) is 23.4 Å². The van der Waals surface area contributed by atoms with E-state index in [1.807, 2.05) is 25.1 Å². The number of fused-ring (bicyclic) bond motifs is 1. The maximum atomic E-state index is 13.4. The summed E-state index contributed by atoms with van der Waals surface area (Å²) in [5.41, 5.74) is 3.03. The molecule has 1 aromatic carbocycles. The van der Waals surface area contributed by atoms with Gasteiger partial charge in [0.2, 0.25) is 5.95 Å². The van der Waals surface area contributed by atoms with E-state index in [9.17, 15) is 14.0 Å². The second-order valence-electron chi connectivity index (χ2n) is 8.49. The van der Waals surface area contributed by atoms with Gasteiger partial charge in [-0.05, 0) is 49.7 Å². The van der Waals surface area contributed by atoms with E-state index in [1.54, 1.807) is 6.20 Å². The third-order valence-electron chi connectivity index (χ3n) is 6.12. The second-order valence-corrected chi connectivity index (χ2v) is 8.49. The van der Waals surface area contributed by atoms with Crippen molar-refractivity contribution in [1.29, 1.82) is 5.26 Å². The molecule has 1 aliphatic heterocycles. The highest BCUT2D eigenvalue weighted by atomic mass is 19.3. The molecule has 3 N–H and O–H groups in total. The predicted octanol–water partition coefficient (Wildman–Crippen LogP) is 4.55. The average Bonchev–Trinajstić information content (AvgIpc) is 3.54. The Morgan fingerprint density at radius 2 is 2.09 bits per heavy atom. The standard InChI is InChI=1S/C25H24F2N8/c1-15(16-4-2-5-18(10-16)33-19-7-8-29-13-19)32-25-31-12-17(11-28)22(34-25)21-14-30-24-20(23(26)27)6-3-9-35(21)24/h2-6,9-10,12,14-15,19,23,29,33H,7-8,13H2,1H3,(H,31,32,34)/t15-,19?/m0/s1. The van der Waals surface area contributed by atoms with Crippen LogP contribution in [0, 0.1) is 11.3 Å². The first kappa shape index (κ1) is 22.7. The summed E-state index contributed by atoms with van der Waals surface area (Å²) in [6, 6.07) is 13.4. The summed E-state index contributed by atoms with van der Waals surface area (Å²) >= 11 is 0. The number of benzene rings is 1. The molecule has 10 heteroatoms. The molecule has 4 aromatic rings. The Morgan fingerprint density at radius 1 is 1.20 bits per heavy atom. The quantitative estimate of drug-likeness (QED) is 0.361. The molecular formula is C25H24F2N8. The fourth-order valence-electron chi connectivity index (χ4n) is 4.29. The Labute approximate surface area is 201 Å². The number of imidazole rings is 1. The fraction of sp³-hybridized carbons (Fsp3) is 0.280. The molecule has 0 saturated carbocycles. The van der Waals surface area contributed by atoms with Crippen LogP contribution in [0.25, 0.3) is 17.0 Å².